The van der Waals surface area contributed by atoms with Crippen LogP contribution in [-0.2, 0) is 28.9 Å². The fourth-order valence-corrected chi connectivity index (χ4v) is 4.79. The average molecular weight is 393 g/mol. The Balaban J connectivity index is 1.25. The summed E-state index contributed by atoms with van der Waals surface area (Å²) in [6.07, 6.45) is 5.27. The topological polar surface area (TPSA) is 58.6 Å². The molecule has 5 rings (SSSR count). The number of benzene rings is 1. The van der Waals surface area contributed by atoms with Gasteiger partial charge in [-0.05, 0) is 37.4 Å². The molecule has 0 radical (unpaired) electrons. The van der Waals surface area contributed by atoms with Crippen molar-refractivity contribution in [2.45, 2.75) is 44.2 Å². The Labute approximate surface area is 171 Å². The van der Waals surface area contributed by atoms with Gasteiger partial charge in [0.1, 0.15) is 5.82 Å². The summed E-state index contributed by atoms with van der Waals surface area (Å²) in [5.74, 6) is 1.40. The molecule has 1 fully saturated rings. The molecule has 1 unspecified atom stereocenters. The van der Waals surface area contributed by atoms with Gasteiger partial charge in [0.15, 0.2) is 6.10 Å². The zero-order valence-corrected chi connectivity index (χ0v) is 17.0. The number of ether oxygens (including phenoxy) is 1. The van der Waals surface area contributed by atoms with Gasteiger partial charge in [-0.1, -0.05) is 24.3 Å². The third-order valence-corrected chi connectivity index (χ3v) is 6.53. The normalized spacial score (nSPS) is 22.8. The van der Waals surface area contributed by atoms with Crippen LogP contribution in [-0.4, -0.2) is 59.0 Å². The number of fused-ring (bicyclic) bond motifs is 2. The van der Waals surface area contributed by atoms with Gasteiger partial charge in [0.05, 0.1) is 6.61 Å². The van der Waals surface area contributed by atoms with Gasteiger partial charge >= 0.3 is 0 Å². The van der Waals surface area contributed by atoms with E-state index < -0.39 is 6.10 Å². The summed E-state index contributed by atoms with van der Waals surface area (Å²) in [4.78, 5) is 27.0. The Morgan fingerprint density at radius 2 is 1.93 bits per heavy atom. The molecule has 0 aliphatic carbocycles. The van der Waals surface area contributed by atoms with E-state index in [9.17, 15) is 4.79 Å². The lowest BCUT2D eigenvalue weighted by Crippen LogP contribution is -2.42. The number of likely N-dealkylation sites (N-methyl/N-ethyl adjacent to an activating group) is 1. The minimum atomic E-state index is -0.450. The van der Waals surface area contributed by atoms with Crippen molar-refractivity contribution in [1.82, 2.24) is 19.8 Å². The predicted molar refractivity (Wildman–Crippen MR) is 109 cm³/mol. The highest BCUT2D eigenvalue weighted by molar-refractivity contribution is 5.83. The Bertz CT molecular complexity index is 908. The number of rotatable bonds is 2. The molecule has 1 aromatic carbocycles. The average Bonchev–Trinajstić information content (AvgIpc) is 2.78. The number of hydrogen-bond acceptors (Lipinski definition) is 5. The van der Waals surface area contributed by atoms with E-state index in [0.29, 0.717) is 12.5 Å². The van der Waals surface area contributed by atoms with Gasteiger partial charge in [0, 0.05) is 56.0 Å². The fraction of sp³-hybridized carbons (Fsp3) is 0.522. The van der Waals surface area contributed by atoms with Crippen LogP contribution >= 0.6 is 0 Å². The minimum absolute atomic E-state index is 0.102. The third-order valence-electron chi connectivity index (χ3n) is 6.53. The second kappa shape index (κ2) is 7.84. The summed E-state index contributed by atoms with van der Waals surface area (Å²) in [6.45, 7) is 4.09. The number of likely N-dealkylation sites (tertiary alicyclic amines) is 1. The summed E-state index contributed by atoms with van der Waals surface area (Å²) in [7, 11) is 2.14. The molecule has 1 aromatic heterocycles. The first-order valence-electron chi connectivity index (χ1n) is 10.7. The van der Waals surface area contributed by atoms with E-state index >= 15 is 0 Å². The minimum Gasteiger partial charge on any atom is -0.363 e. The summed E-state index contributed by atoms with van der Waals surface area (Å²) in [5, 5.41) is 0. The molecule has 3 aliphatic rings. The highest BCUT2D eigenvalue weighted by Crippen LogP contribution is 2.32. The van der Waals surface area contributed by atoms with Gasteiger partial charge < -0.3 is 14.5 Å². The first-order chi connectivity index (χ1) is 14.2. The van der Waals surface area contributed by atoms with Crippen LogP contribution in [0.4, 0.5) is 0 Å². The lowest BCUT2D eigenvalue weighted by molar-refractivity contribution is -0.146. The largest absolute Gasteiger partial charge is 0.363 e. The molecular weight excluding hydrogens is 364 g/mol. The van der Waals surface area contributed by atoms with Gasteiger partial charge in [0.25, 0.3) is 5.91 Å². The van der Waals surface area contributed by atoms with Crippen LogP contribution in [0.3, 0.4) is 0 Å². The number of carbonyl (C=O) groups excluding carboxylic acids is 1. The fourth-order valence-electron chi connectivity index (χ4n) is 4.79. The molecule has 1 atom stereocenters. The summed E-state index contributed by atoms with van der Waals surface area (Å²) in [5.41, 5.74) is 4.73. The lowest BCUT2D eigenvalue weighted by Gasteiger charge is -2.35. The van der Waals surface area contributed by atoms with Crippen molar-refractivity contribution < 1.29 is 9.53 Å². The first kappa shape index (κ1) is 18.7. The molecule has 0 N–H and O–H groups in total. The molecule has 1 amide bonds. The van der Waals surface area contributed by atoms with Gasteiger partial charge in [-0.3, -0.25) is 4.79 Å². The Kier molecular flexibility index (Phi) is 5.06. The highest BCUT2D eigenvalue weighted by atomic mass is 16.5. The number of piperidine rings is 1. The molecule has 2 aromatic rings. The molecule has 29 heavy (non-hydrogen) atoms. The summed E-state index contributed by atoms with van der Waals surface area (Å²) >= 11 is 0. The zero-order valence-electron chi connectivity index (χ0n) is 17.0. The molecule has 6 heteroatoms. The zero-order chi connectivity index (χ0) is 19.8. The predicted octanol–water partition coefficient (Wildman–Crippen LogP) is 2.48. The van der Waals surface area contributed by atoms with Crippen LogP contribution in [0.2, 0.25) is 0 Å². The maximum Gasteiger partial charge on any atom is 0.256 e. The van der Waals surface area contributed by atoms with Crippen LogP contribution in [0.25, 0.3) is 0 Å². The maximum atomic E-state index is 13.1. The highest BCUT2D eigenvalue weighted by Gasteiger charge is 2.33. The molecule has 152 valence electrons. The first-order valence-corrected chi connectivity index (χ1v) is 10.7. The van der Waals surface area contributed by atoms with Crippen molar-refractivity contribution in [3.63, 3.8) is 0 Å². The van der Waals surface area contributed by atoms with Crippen LogP contribution < -0.4 is 0 Å². The Morgan fingerprint density at radius 3 is 2.79 bits per heavy atom. The quantitative estimate of drug-likeness (QED) is 0.786. The molecular formula is C23H28N4O2. The van der Waals surface area contributed by atoms with Crippen LogP contribution in [0.1, 0.15) is 53.1 Å². The molecule has 0 bridgehead atoms. The van der Waals surface area contributed by atoms with E-state index in [-0.39, 0.29) is 5.91 Å². The smallest absolute Gasteiger partial charge is 0.256 e. The molecule has 6 nitrogen and oxygen atoms in total. The van der Waals surface area contributed by atoms with Crippen molar-refractivity contribution in [2.24, 2.45) is 0 Å². The van der Waals surface area contributed by atoms with Gasteiger partial charge in [-0.15, -0.1) is 0 Å². The van der Waals surface area contributed by atoms with Crippen molar-refractivity contribution in [2.75, 3.05) is 33.3 Å². The van der Waals surface area contributed by atoms with E-state index in [1.54, 1.807) is 0 Å². The Hall–Kier alpha value is -2.31. The third kappa shape index (κ3) is 3.67. The van der Waals surface area contributed by atoms with Gasteiger partial charge in [-0.25, -0.2) is 9.97 Å². The summed E-state index contributed by atoms with van der Waals surface area (Å²) in [6, 6.07) is 8.16. The second-order valence-corrected chi connectivity index (χ2v) is 8.49. The number of carbonyl (C=O) groups is 1. The maximum absolute atomic E-state index is 13.1. The van der Waals surface area contributed by atoms with E-state index in [2.05, 4.69) is 23.0 Å². The van der Waals surface area contributed by atoms with E-state index in [0.717, 1.165) is 63.3 Å². The van der Waals surface area contributed by atoms with Gasteiger partial charge in [0.2, 0.25) is 0 Å². The lowest BCUT2D eigenvalue weighted by atomic mass is 9.93. The van der Waals surface area contributed by atoms with Crippen molar-refractivity contribution in [1.29, 1.82) is 0 Å². The summed E-state index contributed by atoms with van der Waals surface area (Å²) < 4.78 is 5.88. The molecule has 3 aliphatic heterocycles. The molecule has 0 spiro atoms. The SMILES string of the molecule is CN1CCc2nc(C3CCN(C(=O)C4OCCc5ccccc54)CC3)ncc2C1. The van der Waals surface area contributed by atoms with Crippen molar-refractivity contribution in [3.8, 4) is 0 Å². The van der Waals surface area contributed by atoms with E-state index in [1.807, 2.05) is 29.3 Å². The number of nitrogens with zero attached hydrogens (tertiary/aromatic N) is 4. The number of aromatic nitrogens is 2. The Morgan fingerprint density at radius 1 is 1.10 bits per heavy atom. The monoisotopic (exact) mass is 392 g/mol. The van der Waals surface area contributed by atoms with E-state index in [1.165, 1.54) is 16.8 Å². The molecule has 1 saturated heterocycles. The standard InChI is InChI=1S/C23H28N4O2/c1-26-10-8-20-18(15-26)14-24-22(25-20)17-6-11-27(12-7-17)23(28)21-19-5-3-2-4-16(19)9-13-29-21/h2-5,14,17,21H,6-13,15H2,1H3. The van der Waals surface area contributed by atoms with Gasteiger partial charge in [-0.2, -0.15) is 0 Å². The number of hydrogen-bond donors (Lipinski definition) is 0. The van der Waals surface area contributed by atoms with E-state index in [4.69, 9.17) is 9.72 Å². The van der Waals surface area contributed by atoms with Crippen LogP contribution in [0, 0.1) is 0 Å². The van der Waals surface area contributed by atoms with Crippen LogP contribution in [0.5, 0.6) is 0 Å². The second-order valence-electron chi connectivity index (χ2n) is 8.49. The van der Waals surface area contributed by atoms with Crippen LogP contribution in [0.15, 0.2) is 30.5 Å². The number of amides is 1. The molecule has 4 heterocycles. The van der Waals surface area contributed by atoms with Crippen molar-refractivity contribution in [3.05, 3.63) is 58.7 Å². The van der Waals surface area contributed by atoms with Crippen molar-refractivity contribution >= 4 is 5.91 Å². The molecule has 0 saturated carbocycles.